The Labute approximate surface area is 157 Å². The molecule has 0 radical (unpaired) electrons. The summed E-state index contributed by atoms with van der Waals surface area (Å²) in [5.74, 6) is -1.02. The number of hydrogen-bond donors (Lipinski definition) is 1. The van der Waals surface area contributed by atoms with Crippen molar-refractivity contribution >= 4 is 63.7 Å². The molecule has 1 heterocycles. The smallest absolute Gasteiger partial charge is 0.326 e. The fourth-order valence-electron chi connectivity index (χ4n) is 2.22. The molecule has 1 fully saturated rings. The summed E-state index contributed by atoms with van der Waals surface area (Å²) in [6.07, 6.45) is 3.62. The molecule has 0 aliphatic carbocycles. The molecule has 0 aromatic heterocycles. The molecule has 0 bridgehead atoms. The Kier molecular flexibility index (Phi) is 6.57. The Bertz CT molecular complexity index is 765. The van der Waals surface area contributed by atoms with Crippen LogP contribution in [0.15, 0.2) is 29.2 Å². The van der Waals surface area contributed by atoms with Crippen molar-refractivity contribution in [2.24, 2.45) is 0 Å². The Morgan fingerprint density at radius 3 is 2.88 bits per heavy atom. The Morgan fingerprint density at radius 2 is 2.28 bits per heavy atom. The number of carboxylic acids is 1. The molecule has 1 amide bonds. The van der Waals surface area contributed by atoms with Crippen molar-refractivity contribution in [1.29, 1.82) is 0 Å². The summed E-state index contributed by atoms with van der Waals surface area (Å²) in [7, 11) is 0. The predicted molar refractivity (Wildman–Crippen MR) is 103 cm³/mol. The lowest BCUT2D eigenvalue weighted by atomic mass is 10.1. The van der Waals surface area contributed by atoms with Crippen molar-refractivity contribution in [1.82, 2.24) is 4.90 Å². The summed E-state index contributed by atoms with van der Waals surface area (Å²) < 4.78 is 0.176. The maximum Gasteiger partial charge on any atom is 0.326 e. The van der Waals surface area contributed by atoms with Crippen molar-refractivity contribution < 1.29 is 19.6 Å². The summed E-state index contributed by atoms with van der Waals surface area (Å²) in [5, 5.41) is 20.2. The first-order valence-corrected chi connectivity index (χ1v) is 9.70. The molecule has 1 unspecified atom stereocenters. The molecule has 1 atom stereocenters. The maximum atomic E-state index is 12.6. The van der Waals surface area contributed by atoms with E-state index in [1.807, 2.05) is 6.26 Å². The number of nitro benzene ring substituents is 1. The summed E-state index contributed by atoms with van der Waals surface area (Å²) in [6, 6.07) is 4.82. The van der Waals surface area contributed by atoms with Crippen molar-refractivity contribution in [3.05, 3.63) is 44.8 Å². The fraction of sp³-hybridized carbons (Fsp3) is 0.267. The number of hydrogen-bond acceptors (Lipinski definition) is 7. The standard InChI is InChI=1S/C15H14N2O5S3/c1-24-6-5-11(14(19)20)16-13(18)12(25-15(16)23)8-9-3-2-4-10(7-9)17(21)22/h2-4,7-8,11H,5-6H2,1H3,(H,19,20)/b12-8-. The third-order valence-electron chi connectivity index (χ3n) is 3.39. The first kappa shape index (κ1) is 19.4. The lowest BCUT2D eigenvalue weighted by Gasteiger charge is -2.22. The molecule has 10 heteroatoms. The zero-order chi connectivity index (χ0) is 18.6. The summed E-state index contributed by atoms with van der Waals surface area (Å²) >= 11 is 7.66. The molecule has 1 N–H and O–H groups in total. The van der Waals surface area contributed by atoms with Gasteiger partial charge in [0.2, 0.25) is 0 Å². The van der Waals surface area contributed by atoms with E-state index in [1.54, 1.807) is 6.07 Å². The topological polar surface area (TPSA) is 101 Å². The zero-order valence-corrected chi connectivity index (χ0v) is 15.5. The second kappa shape index (κ2) is 8.45. The van der Waals surface area contributed by atoms with Gasteiger partial charge in [-0.15, -0.1) is 0 Å². The molecule has 1 aromatic rings. The zero-order valence-electron chi connectivity index (χ0n) is 13.1. The van der Waals surface area contributed by atoms with Crippen molar-refractivity contribution in [3.8, 4) is 0 Å². The molecule has 25 heavy (non-hydrogen) atoms. The van der Waals surface area contributed by atoms with Gasteiger partial charge >= 0.3 is 5.97 Å². The van der Waals surface area contributed by atoms with E-state index in [-0.39, 0.29) is 21.3 Å². The van der Waals surface area contributed by atoms with Crippen LogP contribution >= 0.6 is 35.7 Å². The highest BCUT2D eigenvalue weighted by atomic mass is 32.2. The number of nitrogens with zero attached hydrogens (tertiary/aromatic N) is 2. The van der Waals surface area contributed by atoms with Gasteiger partial charge in [0, 0.05) is 12.1 Å². The van der Waals surface area contributed by atoms with Gasteiger partial charge in [-0.05, 0) is 30.1 Å². The van der Waals surface area contributed by atoms with Gasteiger partial charge in [0.1, 0.15) is 10.4 Å². The molecule has 1 aromatic carbocycles. The number of nitro groups is 1. The van der Waals surface area contributed by atoms with E-state index in [0.29, 0.717) is 11.3 Å². The summed E-state index contributed by atoms with van der Waals surface area (Å²) in [6.45, 7) is 0. The van der Waals surface area contributed by atoms with E-state index in [4.69, 9.17) is 12.2 Å². The van der Waals surface area contributed by atoms with Gasteiger partial charge in [0.05, 0.1) is 9.83 Å². The predicted octanol–water partition coefficient (Wildman–Crippen LogP) is 3.00. The quantitative estimate of drug-likeness (QED) is 0.324. The molecular weight excluding hydrogens is 384 g/mol. The van der Waals surface area contributed by atoms with E-state index in [9.17, 15) is 24.8 Å². The average molecular weight is 398 g/mol. The van der Waals surface area contributed by atoms with Crippen LogP contribution in [0.3, 0.4) is 0 Å². The van der Waals surface area contributed by atoms with Gasteiger partial charge in [0.25, 0.3) is 11.6 Å². The normalized spacial score (nSPS) is 17.2. The number of thioether (sulfide) groups is 2. The highest BCUT2D eigenvalue weighted by Crippen LogP contribution is 2.35. The number of carbonyl (C=O) groups excluding carboxylic acids is 1. The van der Waals surface area contributed by atoms with Gasteiger partial charge in [0.15, 0.2) is 0 Å². The molecule has 1 saturated heterocycles. The Hall–Kier alpha value is -1.91. The number of benzene rings is 1. The number of carboxylic acid groups (broad SMARTS) is 1. The third-order valence-corrected chi connectivity index (χ3v) is 5.37. The van der Waals surface area contributed by atoms with Crippen molar-refractivity contribution in [3.63, 3.8) is 0 Å². The summed E-state index contributed by atoms with van der Waals surface area (Å²) in [5.41, 5.74) is 0.387. The number of non-ortho nitro benzene ring substituents is 1. The average Bonchev–Trinajstić information content (AvgIpc) is 2.83. The fourth-order valence-corrected chi connectivity index (χ4v) is 4.04. The molecule has 0 saturated carbocycles. The van der Waals surface area contributed by atoms with E-state index in [0.717, 1.165) is 16.7 Å². The van der Waals surface area contributed by atoms with Crippen molar-refractivity contribution in [2.75, 3.05) is 12.0 Å². The van der Waals surface area contributed by atoms with Gasteiger partial charge < -0.3 is 5.11 Å². The van der Waals surface area contributed by atoms with E-state index in [2.05, 4.69) is 0 Å². The minimum Gasteiger partial charge on any atom is -0.480 e. The molecule has 132 valence electrons. The molecule has 0 spiro atoms. The molecule has 7 nitrogen and oxygen atoms in total. The van der Waals surface area contributed by atoms with Crippen LogP contribution in [0.5, 0.6) is 0 Å². The van der Waals surface area contributed by atoms with Crippen LogP contribution in [-0.4, -0.2) is 49.2 Å². The minimum absolute atomic E-state index is 0.0902. The number of amides is 1. The molecule has 2 rings (SSSR count). The highest BCUT2D eigenvalue weighted by Gasteiger charge is 2.40. The van der Waals surface area contributed by atoms with Crippen LogP contribution in [0.2, 0.25) is 0 Å². The first-order valence-electron chi connectivity index (χ1n) is 7.08. The number of rotatable bonds is 7. The monoisotopic (exact) mass is 398 g/mol. The SMILES string of the molecule is CSCCC(C(=O)O)N1C(=O)/C(=C/c2cccc([N+](=O)[O-])c2)SC1=S. The maximum absolute atomic E-state index is 12.6. The van der Waals surface area contributed by atoms with E-state index >= 15 is 0 Å². The van der Waals surface area contributed by atoms with E-state index < -0.39 is 22.8 Å². The van der Waals surface area contributed by atoms with E-state index in [1.165, 1.54) is 36.0 Å². The van der Waals surface area contributed by atoms with Gasteiger partial charge in [-0.3, -0.25) is 19.8 Å². The van der Waals surface area contributed by atoms with Gasteiger partial charge in [-0.25, -0.2) is 4.79 Å². The molecular formula is C15H14N2O5S3. The van der Waals surface area contributed by atoms with Crippen LogP contribution in [0.1, 0.15) is 12.0 Å². The van der Waals surface area contributed by atoms with Crippen LogP contribution in [0, 0.1) is 10.1 Å². The first-order chi connectivity index (χ1) is 11.8. The number of aliphatic carboxylic acids is 1. The third kappa shape index (κ3) is 4.59. The van der Waals surface area contributed by atoms with Crippen LogP contribution in [0.25, 0.3) is 6.08 Å². The largest absolute Gasteiger partial charge is 0.480 e. The lowest BCUT2D eigenvalue weighted by molar-refractivity contribution is -0.384. The van der Waals surface area contributed by atoms with Crippen molar-refractivity contribution in [2.45, 2.75) is 12.5 Å². The second-order valence-corrected chi connectivity index (χ2v) is 7.70. The molecule has 1 aliphatic rings. The number of thiocarbonyl (C=S) groups is 1. The van der Waals surface area contributed by atoms with Crippen LogP contribution in [0.4, 0.5) is 5.69 Å². The number of carbonyl (C=O) groups is 2. The Morgan fingerprint density at radius 1 is 1.56 bits per heavy atom. The minimum atomic E-state index is -1.11. The summed E-state index contributed by atoms with van der Waals surface area (Å²) in [4.78, 5) is 35.8. The highest BCUT2D eigenvalue weighted by molar-refractivity contribution is 8.26. The Balaban J connectivity index is 2.29. The van der Waals surface area contributed by atoms with Gasteiger partial charge in [-0.1, -0.05) is 36.1 Å². The van der Waals surface area contributed by atoms with Gasteiger partial charge in [-0.2, -0.15) is 11.8 Å². The van der Waals surface area contributed by atoms with Crippen LogP contribution < -0.4 is 0 Å². The molecule has 1 aliphatic heterocycles. The second-order valence-electron chi connectivity index (χ2n) is 5.04. The lowest BCUT2D eigenvalue weighted by Crippen LogP contribution is -2.44. The van der Waals surface area contributed by atoms with Crippen LogP contribution in [-0.2, 0) is 9.59 Å².